The number of nitrogens with zero attached hydrogens (tertiary/aromatic N) is 2. The Morgan fingerprint density at radius 1 is 1.31 bits per heavy atom. The molecular weight excluding hydrogens is 200 g/mol. The number of aromatic nitrogens is 2. The van der Waals surface area contributed by atoms with Crippen LogP contribution in [0.5, 0.6) is 0 Å². The van der Waals surface area contributed by atoms with Gasteiger partial charge in [-0.15, -0.1) is 0 Å². The maximum atomic E-state index is 5.48. The lowest BCUT2D eigenvalue weighted by molar-refractivity contribution is 0.573. The average molecular weight is 222 g/mol. The molecule has 0 spiro atoms. The normalized spacial score (nSPS) is 10.9. The minimum atomic E-state index is 0.670. The fourth-order valence-electron chi connectivity index (χ4n) is 1.73. The molecule has 4 heteroatoms. The topological polar surface area (TPSA) is 63.8 Å². The minimum absolute atomic E-state index is 0.670. The summed E-state index contributed by atoms with van der Waals surface area (Å²) in [5, 5.41) is 0. The van der Waals surface area contributed by atoms with E-state index in [2.05, 4.69) is 36.2 Å². The number of hydrazine groups is 1. The van der Waals surface area contributed by atoms with Gasteiger partial charge in [-0.1, -0.05) is 20.8 Å². The molecule has 0 unspecified atom stereocenters. The van der Waals surface area contributed by atoms with E-state index in [1.54, 1.807) is 0 Å². The van der Waals surface area contributed by atoms with Crippen molar-refractivity contribution in [1.82, 2.24) is 9.97 Å². The van der Waals surface area contributed by atoms with Gasteiger partial charge < -0.3 is 5.43 Å². The molecule has 4 nitrogen and oxygen atoms in total. The summed E-state index contributed by atoms with van der Waals surface area (Å²) < 4.78 is 0. The van der Waals surface area contributed by atoms with Crippen LogP contribution in [0.25, 0.3) is 0 Å². The number of nitrogens with two attached hydrogens (primary N) is 1. The Kier molecular flexibility index (Phi) is 4.68. The standard InChI is InChI=1S/C12H22N4/c1-5-10-9(4)14-11(7-6-8(2)3)15-12(10)16-13/h8H,5-7,13H2,1-4H3,(H,14,15,16). The lowest BCUT2D eigenvalue weighted by Crippen LogP contribution is -2.15. The van der Waals surface area contributed by atoms with E-state index < -0.39 is 0 Å². The zero-order valence-electron chi connectivity index (χ0n) is 10.7. The molecule has 3 N–H and O–H groups in total. The van der Waals surface area contributed by atoms with E-state index in [0.29, 0.717) is 5.92 Å². The zero-order valence-corrected chi connectivity index (χ0v) is 10.7. The summed E-state index contributed by atoms with van der Waals surface area (Å²) in [6.45, 7) is 8.51. The minimum Gasteiger partial charge on any atom is -0.308 e. The second kappa shape index (κ2) is 5.80. The molecule has 90 valence electrons. The predicted octanol–water partition coefficient (Wildman–Crippen LogP) is 2.22. The fourth-order valence-corrected chi connectivity index (χ4v) is 1.73. The highest BCUT2D eigenvalue weighted by molar-refractivity contribution is 5.45. The average Bonchev–Trinajstić information content (AvgIpc) is 2.25. The number of rotatable bonds is 5. The first-order valence-corrected chi connectivity index (χ1v) is 5.91. The molecule has 0 amide bonds. The number of aryl methyl sites for hydroxylation is 2. The van der Waals surface area contributed by atoms with Crippen LogP contribution < -0.4 is 11.3 Å². The van der Waals surface area contributed by atoms with Crippen molar-refractivity contribution in [1.29, 1.82) is 0 Å². The van der Waals surface area contributed by atoms with Crippen LogP contribution in [0.2, 0.25) is 0 Å². The molecule has 0 aliphatic carbocycles. The molecule has 0 atom stereocenters. The van der Waals surface area contributed by atoms with Crippen molar-refractivity contribution in [2.45, 2.75) is 47.0 Å². The van der Waals surface area contributed by atoms with Crippen molar-refractivity contribution in [3.63, 3.8) is 0 Å². The van der Waals surface area contributed by atoms with Gasteiger partial charge in [-0.2, -0.15) is 0 Å². The van der Waals surface area contributed by atoms with E-state index in [1.165, 1.54) is 0 Å². The molecule has 16 heavy (non-hydrogen) atoms. The Labute approximate surface area is 97.7 Å². The Balaban J connectivity index is 2.92. The number of hydrogen-bond donors (Lipinski definition) is 2. The summed E-state index contributed by atoms with van der Waals surface area (Å²) in [5.41, 5.74) is 4.80. The van der Waals surface area contributed by atoms with Crippen molar-refractivity contribution < 1.29 is 0 Å². The van der Waals surface area contributed by atoms with Gasteiger partial charge in [0.25, 0.3) is 0 Å². The van der Waals surface area contributed by atoms with Crippen molar-refractivity contribution in [3.8, 4) is 0 Å². The first-order chi connectivity index (χ1) is 7.58. The molecule has 1 aromatic heterocycles. The third kappa shape index (κ3) is 3.17. The van der Waals surface area contributed by atoms with Gasteiger partial charge in [0.15, 0.2) is 0 Å². The van der Waals surface area contributed by atoms with Crippen LogP contribution in [0, 0.1) is 12.8 Å². The zero-order chi connectivity index (χ0) is 12.1. The lowest BCUT2D eigenvalue weighted by Gasteiger charge is -2.11. The van der Waals surface area contributed by atoms with Crippen LogP contribution in [0.4, 0.5) is 5.82 Å². The highest BCUT2D eigenvalue weighted by atomic mass is 15.3. The number of nitrogen functional groups attached to an aromatic ring is 1. The summed E-state index contributed by atoms with van der Waals surface area (Å²) in [6, 6.07) is 0. The smallest absolute Gasteiger partial charge is 0.147 e. The molecular formula is C12H22N4. The molecule has 0 bridgehead atoms. The maximum Gasteiger partial charge on any atom is 0.147 e. The third-order valence-electron chi connectivity index (χ3n) is 2.70. The molecule has 0 radical (unpaired) electrons. The molecule has 0 fully saturated rings. The molecule has 0 aromatic carbocycles. The summed E-state index contributed by atoms with van der Waals surface area (Å²) >= 11 is 0. The lowest BCUT2D eigenvalue weighted by atomic mass is 10.1. The van der Waals surface area contributed by atoms with E-state index in [-0.39, 0.29) is 0 Å². The van der Waals surface area contributed by atoms with Crippen molar-refractivity contribution >= 4 is 5.82 Å². The Bertz CT molecular complexity index is 347. The summed E-state index contributed by atoms with van der Waals surface area (Å²) in [4.78, 5) is 8.97. The Hall–Kier alpha value is -1.16. The number of nitrogens with one attached hydrogen (secondary N) is 1. The van der Waals surface area contributed by atoms with Crippen molar-refractivity contribution in [2.75, 3.05) is 5.43 Å². The van der Waals surface area contributed by atoms with Crippen LogP contribution in [0.3, 0.4) is 0 Å². The molecule has 1 aromatic rings. The van der Waals surface area contributed by atoms with Crippen LogP contribution in [-0.4, -0.2) is 9.97 Å². The first-order valence-electron chi connectivity index (χ1n) is 5.91. The van der Waals surface area contributed by atoms with Gasteiger partial charge in [-0.25, -0.2) is 15.8 Å². The van der Waals surface area contributed by atoms with Gasteiger partial charge in [0.1, 0.15) is 11.6 Å². The van der Waals surface area contributed by atoms with Gasteiger partial charge in [0.2, 0.25) is 0 Å². The largest absolute Gasteiger partial charge is 0.308 e. The molecule has 0 aliphatic heterocycles. The van der Waals surface area contributed by atoms with Crippen LogP contribution >= 0.6 is 0 Å². The van der Waals surface area contributed by atoms with Gasteiger partial charge in [0.05, 0.1) is 0 Å². The maximum absolute atomic E-state index is 5.48. The van der Waals surface area contributed by atoms with Crippen molar-refractivity contribution in [2.24, 2.45) is 11.8 Å². The summed E-state index contributed by atoms with van der Waals surface area (Å²) in [7, 11) is 0. The van der Waals surface area contributed by atoms with E-state index in [0.717, 1.165) is 42.2 Å². The quantitative estimate of drug-likeness (QED) is 0.592. The number of hydrogen-bond acceptors (Lipinski definition) is 4. The second-order valence-electron chi connectivity index (χ2n) is 4.48. The number of anilines is 1. The first kappa shape index (κ1) is 12.9. The molecule has 1 rings (SSSR count). The van der Waals surface area contributed by atoms with Crippen LogP contribution in [0.1, 0.15) is 44.3 Å². The molecule has 0 saturated heterocycles. The van der Waals surface area contributed by atoms with Gasteiger partial charge in [0, 0.05) is 17.7 Å². The van der Waals surface area contributed by atoms with Gasteiger partial charge in [-0.05, 0) is 25.7 Å². The Morgan fingerprint density at radius 3 is 2.50 bits per heavy atom. The van der Waals surface area contributed by atoms with Crippen molar-refractivity contribution in [3.05, 3.63) is 17.1 Å². The fraction of sp³-hybridized carbons (Fsp3) is 0.667. The predicted molar refractivity (Wildman–Crippen MR) is 67.1 cm³/mol. The van der Waals surface area contributed by atoms with Crippen LogP contribution in [0.15, 0.2) is 0 Å². The monoisotopic (exact) mass is 222 g/mol. The third-order valence-corrected chi connectivity index (χ3v) is 2.70. The van der Waals surface area contributed by atoms with E-state index in [9.17, 15) is 0 Å². The summed E-state index contributed by atoms with van der Waals surface area (Å²) in [5.74, 6) is 7.81. The molecule has 0 aliphatic rings. The highest BCUT2D eigenvalue weighted by Crippen LogP contribution is 2.17. The van der Waals surface area contributed by atoms with Crippen LogP contribution in [-0.2, 0) is 12.8 Å². The Morgan fingerprint density at radius 2 is 2.00 bits per heavy atom. The van der Waals surface area contributed by atoms with E-state index in [4.69, 9.17) is 5.84 Å². The SMILES string of the molecule is CCc1c(C)nc(CCC(C)C)nc1NN. The van der Waals surface area contributed by atoms with E-state index >= 15 is 0 Å². The van der Waals surface area contributed by atoms with E-state index in [1.807, 2.05) is 6.92 Å². The second-order valence-corrected chi connectivity index (χ2v) is 4.48. The highest BCUT2D eigenvalue weighted by Gasteiger charge is 2.09. The van der Waals surface area contributed by atoms with Gasteiger partial charge >= 0.3 is 0 Å². The van der Waals surface area contributed by atoms with Gasteiger partial charge in [-0.3, -0.25) is 0 Å². The summed E-state index contributed by atoms with van der Waals surface area (Å²) in [6.07, 6.45) is 2.92. The molecule has 0 saturated carbocycles. The molecule has 1 heterocycles.